The van der Waals surface area contributed by atoms with Gasteiger partial charge in [-0.15, -0.1) is 0 Å². The van der Waals surface area contributed by atoms with Gasteiger partial charge in [-0.3, -0.25) is 4.98 Å². The molecule has 0 saturated carbocycles. The molecule has 0 radical (unpaired) electrons. The summed E-state index contributed by atoms with van der Waals surface area (Å²) < 4.78 is 0. The molecule has 2 aromatic rings. The van der Waals surface area contributed by atoms with E-state index in [9.17, 15) is 0 Å². The zero-order valence-electron chi connectivity index (χ0n) is 11.2. The molecule has 18 heavy (non-hydrogen) atoms. The number of nitrogens with zero attached hydrogens (tertiary/aromatic N) is 3. The predicted octanol–water partition coefficient (Wildman–Crippen LogP) is 2.52. The first-order valence-electron chi connectivity index (χ1n) is 6.53. The molecule has 0 aromatic carbocycles. The molecule has 0 aliphatic rings. The highest BCUT2D eigenvalue weighted by Gasteiger charge is 2.15. The quantitative estimate of drug-likeness (QED) is 0.878. The van der Waals surface area contributed by atoms with Crippen LogP contribution in [0.25, 0.3) is 11.2 Å². The standard InChI is InChI=1S/C14H20N4/c1-4-7-15-11(3)10(2)12-5-6-13-14(18-12)17-9-8-16-13/h5-6,8-11,15H,4,7H2,1-3H3. The summed E-state index contributed by atoms with van der Waals surface area (Å²) in [6.07, 6.45) is 4.52. The SMILES string of the molecule is CCCNC(C)C(C)c1ccc2nccnc2n1. The van der Waals surface area contributed by atoms with E-state index in [1.807, 2.05) is 12.1 Å². The molecule has 0 aliphatic carbocycles. The Hall–Kier alpha value is -1.55. The Morgan fingerprint density at radius 3 is 2.72 bits per heavy atom. The van der Waals surface area contributed by atoms with Crippen LogP contribution in [0.15, 0.2) is 24.5 Å². The lowest BCUT2D eigenvalue weighted by Crippen LogP contribution is -2.31. The third kappa shape index (κ3) is 2.82. The zero-order valence-corrected chi connectivity index (χ0v) is 11.2. The van der Waals surface area contributed by atoms with Gasteiger partial charge in [0.15, 0.2) is 5.65 Å². The predicted molar refractivity (Wildman–Crippen MR) is 73.5 cm³/mol. The summed E-state index contributed by atoms with van der Waals surface area (Å²) >= 11 is 0. The van der Waals surface area contributed by atoms with E-state index in [1.54, 1.807) is 12.4 Å². The molecule has 4 nitrogen and oxygen atoms in total. The van der Waals surface area contributed by atoms with Crippen molar-refractivity contribution in [1.82, 2.24) is 20.3 Å². The van der Waals surface area contributed by atoms with Crippen LogP contribution in [0.4, 0.5) is 0 Å². The summed E-state index contributed by atoms with van der Waals surface area (Å²) in [5, 5.41) is 3.50. The van der Waals surface area contributed by atoms with Gasteiger partial charge in [-0.2, -0.15) is 0 Å². The van der Waals surface area contributed by atoms with E-state index >= 15 is 0 Å². The fourth-order valence-corrected chi connectivity index (χ4v) is 1.93. The smallest absolute Gasteiger partial charge is 0.178 e. The van der Waals surface area contributed by atoms with Crippen molar-refractivity contribution in [2.45, 2.75) is 39.2 Å². The second-order valence-corrected chi connectivity index (χ2v) is 4.67. The Morgan fingerprint density at radius 2 is 1.94 bits per heavy atom. The fourth-order valence-electron chi connectivity index (χ4n) is 1.93. The highest BCUT2D eigenvalue weighted by atomic mass is 14.9. The molecule has 0 bridgehead atoms. The Balaban J connectivity index is 2.19. The first kappa shape index (κ1) is 12.9. The second kappa shape index (κ2) is 5.87. The van der Waals surface area contributed by atoms with Gasteiger partial charge in [0.2, 0.25) is 0 Å². The lowest BCUT2D eigenvalue weighted by Gasteiger charge is -2.20. The molecule has 0 saturated heterocycles. The molecule has 2 rings (SSSR count). The summed E-state index contributed by atoms with van der Waals surface area (Å²) in [6, 6.07) is 4.45. The van der Waals surface area contributed by atoms with Gasteiger partial charge in [0.05, 0.1) is 0 Å². The van der Waals surface area contributed by atoms with Crippen LogP contribution in [0.1, 0.15) is 38.8 Å². The topological polar surface area (TPSA) is 50.7 Å². The van der Waals surface area contributed by atoms with Gasteiger partial charge in [0.1, 0.15) is 5.52 Å². The van der Waals surface area contributed by atoms with Crippen LogP contribution in [0.5, 0.6) is 0 Å². The number of pyridine rings is 1. The monoisotopic (exact) mass is 244 g/mol. The average molecular weight is 244 g/mol. The molecule has 96 valence electrons. The number of fused-ring (bicyclic) bond motifs is 1. The molecular weight excluding hydrogens is 224 g/mol. The van der Waals surface area contributed by atoms with Crippen LogP contribution in [0, 0.1) is 0 Å². The summed E-state index contributed by atoms with van der Waals surface area (Å²) in [6.45, 7) is 7.61. The van der Waals surface area contributed by atoms with Gasteiger partial charge in [-0.1, -0.05) is 13.8 Å². The van der Waals surface area contributed by atoms with Crippen molar-refractivity contribution in [2.24, 2.45) is 0 Å². The molecule has 0 amide bonds. The minimum absolute atomic E-state index is 0.364. The zero-order chi connectivity index (χ0) is 13.0. The van der Waals surface area contributed by atoms with E-state index in [0.717, 1.165) is 29.8 Å². The summed E-state index contributed by atoms with van der Waals surface area (Å²) in [7, 11) is 0. The van der Waals surface area contributed by atoms with E-state index in [2.05, 4.69) is 41.0 Å². The minimum atomic E-state index is 0.364. The molecule has 4 heteroatoms. The average Bonchev–Trinajstić information content (AvgIpc) is 2.43. The molecule has 2 atom stereocenters. The van der Waals surface area contributed by atoms with Gasteiger partial charge in [-0.05, 0) is 32.0 Å². The van der Waals surface area contributed by atoms with Crippen LogP contribution in [-0.2, 0) is 0 Å². The van der Waals surface area contributed by atoms with Crippen LogP contribution in [-0.4, -0.2) is 27.5 Å². The van der Waals surface area contributed by atoms with E-state index in [4.69, 9.17) is 0 Å². The van der Waals surface area contributed by atoms with Crippen LogP contribution >= 0.6 is 0 Å². The molecular formula is C14H20N4. The highest BCUT2D eigenvalue weighted by Crippen LogP contribution is 2.18. The van der Waals surface area contributed by atoms with Crippen molar-refractivity contribution in [3.63, 3.8) is 0 Å². The van der Waals surface area contributed by atoms with Gasteiger partial charge >= 0.3 is 0 Å². The molecule has 1 N–H and O–H groups in total. The number of hydrogen-bond acceptors (Lipinski definition) is 4. The van der Waals surface area contributed by atoms with E-state index in [1.165, 1.54) is 0 Å². The van der Waals surface area contributed by atoms with Crippen molar-refractivity contribution < 1.29 is 0 Å². The van der Waals surface area contributed by atoms with Crippen molar-refractivity contribution in [2.75, 3.05) is 6.54 Å². The Labute approximate surface area is 108 Å². The van der Waals surface area contributed by atoms with Crippen LogP contribution in [0.2, 0.25) is 0 Å². The number of aromatic nitrogens is 3. The van der Waals surface area contributed by atoms with Crippen molar-refractivity contribution in [3.8, 4) is 0 Å². The third-order valence-electron chi connectivity index (χ3n) is 3.29. The summed E-state index contributed by atoms with van der Waals surface area (Å²) in [5.41, 5.74) is 2.64. The van der Waals surface area contributed by atoms with Gasteiger partial charge in [0.25, 0.3) is 0 Å². The maximum Gasteiger partial charge on any atom is 0.178 e. The second-order valence-electron chi connectivity index (χ2n) is 4.67. The lowest BCUT2D eigenvalue weighted by molar-refractivity contribution is 0.475. The first-order valence-corrected chi connectivity index (χ1v) is 6.53. The fraction of sp³-hybridized carbons (Fsp3) is 0.500. The number of nitrogens with one attached hydrogen (secondary N) is 1. The van der Waals surface area contributed by atoms with Gasteiger partial charge in [0, 0.05) is 30.0 Å². The van der Waals surface area contributed by atoms with E-state index in [-0.39, 0.29) is 0 Å². The molecule has 2 heterocycles. The first-order chi connectivity index (χ1) is 8.72. The molecule has 2 unspecified atom stereocenters. The Kier molecular flexibility index (Phi) is 4.20. The molecule has 0 aliphatic heterocycles. The maximum atomic E-state index is 4.59. The van der Waals surface area contributed by atoms with Crippen molar-refractivity contribution in [3.05, 3.63) is 30.2 Å². The summed E-state index contributed by atoms with van der Waals surface area (Å²) in [4.78, 5) is 13.1. The normalized spacial score (nSPS) is 14.6. The molecule has 0 spiro atoms. The van der Waals surface area contributed by atoms with Gasteiger partial charge < -0.3 is 5.32 Å². The van der Waals surface area contributed by atoms with Gasteiger partial charge in [-0.25, -0.2) is 9.97 Å². The summed E-state index contributed by atoms with van der Waals surface area (Å²) in [5.74, 6) is 0.364. The lowest BCUT2D eigenvalue weighted by atomic mass is 9.99. The maximum absolute atomic E-state index is 4.59. The molecule has 2 aromatic heterocycles. The number of rotatable bonds is 5. The van der Waals surface area contributed by atoms with Crippen LogP contribution < -0.4 is 5.32 Å². The van der Waals surface area contributed by atoms with E-state index in [0.29, 0.717) is 12.0 Å². The number of hydrogen-bond donors (Lipinski definition) is 1. The third-order valence-corrected chi connectivity index (χ3v) is 3.29. The van der Waals surface area contributed by atoms with E-state index < -0.39 is 0 Å². The van der Waals surface area contributed by atoms with Crippen LogP contribution in [0.3, 0.4) is 0 Å². The molecule has 0 fully saturated rings. The van der Waals surface area contributed by atoms with Crippen molar-refractivity contribution in [1.29, 1.82) is 0 Å². The Morgan fingerprint density at radius 1 is 1.17 bits per heavy atom. The minimum Gasteiger partial charge on any atom is -0.314 e. The largest absolute Gasteiger partial charge is 0.314 e. The highest BCUT2D eigenvalue weighted by molar-refractivity contribution is 5.68. The van der Waals surface area contributed by atoms with Crippen molar-refractivity contribution >= 4 is 11.2 Å². The Bertz CT molecular complexity index is 512.